The molecule has 1 N–H and O–H groups in total. The molecule has 1 heterocycles. The highest BCUT2D eigenvalue weighted by Gasteiger charge is 2.30. The number of benzene rings is 1. The van der Waals surface area contributed by atoms with Gasteiger partial charge in [0.25, 0.3) is 0 Å². The van der Waals surface area contributed by atoms with Gasteiger partial charge in [-0.2, -0.15) is 0 Å². The zero-order valence-corrected chi connectivity index (χ0v) is 11.2. The second-order valence-corrected chi connectivity index (χ2v) is 5.36. The quantitative estimate of drug-likeness (QED) is 0.884. The van der Waals surface area contributed by atoms with Gasteiger partial charge >= 0.3 is 0 Å². The SMILES string of the molecule is CC(C)[C@H]1CO[C@@H](CO)CN1Cc1ccccc1. The van der Waals surface area contributed by atoms with Crippen molar-refractivity contribution in [1.29, 1.82) is 0 Å². The van der Waals surface area contributed by atoms with Crippen LogP contribution in [0.1, 0.15) is 19.4 Å². The van der Waals surface area contributed by atoms with E-state index in [4.69, 9.17) is 4.74 Å². The molecule has 0 aliphatic carbocycles. The molecule has 2 atom stereocenters. The number of aliphatic hydroxyl groups excluding tert-OH is 1. The minimum absolute atomic E-state index is 0.0382. The molecule has 1 aliphatic heterocycles. The topological polar surface area (TPSA) is 32.7 Å². The van der Waals surface area contributed by atoms with E-state index in [1.165, 1.54) is 5.56 Å². The van der Waals surface area contributed by atoms with Crippen LogP contribution >= 0.6 is 0 Å². The first-order valence-corrected chi connectivity index (χ1v) is 6.71. The van der Waals surface area contributed by atoms with Crippen molar-refractivity contribution in [2.24, 2.45) is 5.92 Å². The molecule has 100 valence electrons. The predicted molar refractivity (Wildman–Crippen MR) is 72.3 cm³/mol. The molecule has 3 heteroatoms. The van der Waals surface area contributed by atoms with Crippen LogP contribution in [0.5, 0.6) is 0 Å². The van der Waals surface area contributed by atoms with Gasteiger partial charge in [-0.15, -0.1) is 0 Å². The van der Waals surface area contributed by atoms with Crippen LogP contribution in [0.2, 0.25) is 0 Å². The summed E-state index contributed by atoms with van der Waals surface area (Å²) in [5, 5.41) is 9.25. The fourth-order valence-electron chi connectivity index (χ4n) is 2.51. The largest absolute Gasteiger partial charge is 0.394 e. The van der Waals surface area contributed by atoms with Gasteiger partial charge in [0.2, 0.25) is 0 Å². The number of hydrogen-bond donors (Lipinski definition) is 1. The minimum Gasteiger partial charge on any atom is -0.394 e. The molecule has 1 aromatic carbocycles. The minimum atomic E-state index is -0.0382. The van der Waals surface area contributed by atoms with E-state index in [0.717, 1.165) is 19.7 Å². The Morgan fingerprint density at radius 2 is 2.06 bits per heavy atom. The Labute approximate surface area is 109 Å². The van der Waals surface area contributed by atoms with Gasteiger partial charge in [-0.05, 0) is 11.5 Å². The second-order valence-electron chi connectivity index (χ2n) is 5.36. The zero-order chi connectivity index (χ0) is 13.0. The van der Waals surface area contributed by atoms with Crippen LogP contribution in [-0.2, 0) is 11.3 Å². The fourth-order valence-corrected chi connectivity index (χ4v) is 2.51. The van der Waals surface area contributed by atoms with Crippen molar-refractivity contribution < 1.29 is 9.84 Å². The Balaban J connectivity index is 2.05. The van der Waals surface area contributed by atoms with Crippen molar-refractivity contribution in [2.45, 2.75) is 32.5 Å². The summed E-state index contributed by atoms with van der Waals surface area (Å²) in [5.41, 5.74) is 1.32. The predicted octanol–water partition coefficient (Wildman–Crippen LogP) is 1.90. The van der Waals surface area contributed by atoms with Crippen LogP contribution in [0, 0.1) is 5.92 Å². The third-order valence-electron chi connectivity index (χ3n) is 3.61. The first kappa shape index (κ1) is 13.5. The summed E-state index contributed by atoms with van der Waals surface area (Å²) < 4.78 is 5.68. The Hall–Kier alpha value is -0.900. The van der Waals surface area contributed by atoms with E-state index in [-0.39, 0.29) is 12.7 Å². The van der Waals surface area contributed by atoms with Gasteiger partial charge in [0.15, 0.2) is 0 Å². The number of nitrogens with zero attached hydrogens (tertiary/aromatic N) is 1. The third kappa shape index (κ3) is 3.31. The van der Waals surface area contributed by atoms with Gasteiger partial charge in [-0.25, -0.2) is 0 Å². The van der Waals surface area contributed by atoms with Crippen molar-refractivity contribution >= 4 is 0 Å². The van der Waals surface area contributed by atoms with Crippen LogP contribution in [0.3, 0.4) is 0 Å². The van der Waals surface area contributed by atoms with Crippen LogP contribution in [-0.4, -0.2) is 41.9 Å². The lowest BCUT2D eigenvalue weighted by atomic mass is 10.00. The molecule has 1 aliphatic rings. The smallest absolute Gasteiger partial charge is 0.0933 e. The van der Waals surface area contributed by atoms with E-state index in [9.17, 15) is 5.11 Å². The molecule has 1 fully saturated rings. The summed E-state index contributed by atoms with van der Waals surface area (Å²) in [4.78, 5) is 2.43. The highest BCUT2D eigenvalue weighted by Crippen LogP contribution is 2.20. The molecule has 0 unspecified atom stereocenters. The van der Waals surface area contributed by atoms with Crippen molar-refractivity contribution in [1.82, 2.24) is 4.90 Å². The molecule has 1 aromatic rings. The normalized spacial score (nSPS) is 25.6. The summed E-state index contributed by atoms with van der Waals surface area (Å²) >= 11 is 0. The van der Waals surface area contributed by atoms with E-state index in [2.05, 4.69) is 43.0 Å². The van der Waals surface area contributed by atoms with Gasteiger partial charge in [0.05, 0.1) is 19.3 Å². The van der Waals surface area contributed by atoms with Gasteiger partial charge in [-0.3, -0.25) is 4.90 Å². The fraction of sp³-hybridized carbons (Fsp3) is 0.600. The highest BCUT2D eigenvalue weighted by atomic mass is 16.5. The maximum absolute atomic E-state index is 9.25. The van der Waals surface area contributed by atoms with Crippen molar-refractivity contribution in [2.75, 3.05) is 19.8 Å². The molecule has 1 saturated heterocycles. The monoisotopic (exact) mass is 249 g/mol. The molecule has 18 heavy (non-hydrogen) atoms. The van der Waals surface area contributed by atoms with Crippen molar-refractivity contribution in [3.63, 3.8) is 0 Å². The molecule has 0 bridgehead atoms. The van der Waals surface area contributed by atoms with Crippen LogP contribution in [0.15, 0.2) is 30.3 Å². The summed E-state index contributed by atoms with van der Waals surface area (Å²) in [6.07, 6.45) is -0.0382. The third-order valence-corrected chi connectivity index (χ3v) is 3.61. The lowest BCUT2D eigenvalue weighted by molar-refractivity contribution is -0.0957. The number of ether oxygens (including phenoxy) is 1. The highest BCUT2D eigenvalue weighted by molar-refractivity contribution is 5.14. The average Bonchev–Trinajstić information content (AvgIpc) is 2.39. The summed E-state index contributed by atoms with van der Waals surface area (Å²) in [6, 6.07) is 10.9. The maximum atomic E-state index is 9.25. The van der Waals surface area contributed by atoms with Crippen molar-refractivity contribution in [3.8, 4) is 0 Å². The molecule has 3 nitrogen and oxygen atoms in total. The van der Waals surface area contributed by atoms with Crippen LogP contribution in [0.4, 0.5) is 0 Å². The van der Waals surface area contributed by atoms with Crippen LogP contribution in [0.25, 0.3) is 0 Å². The standard InChI is InChI=1S/C15H23NO2/c1-12(2)15-11-18-14(10-17)9-16(15)8-13-6-4-3-5-7-13/h3-7,12,14-15,17H,8-11H2,1-2H3/t14-,15-/m1/s1. The molecule has 0 amide bonds. The Morgan fingerprint density at radius 1 is 1.33 bits per heavy atom. The number of hydrogen-bond acceptors (Lipinski definition) is 3. The average molecular weight is 249 g/mol. The molecule has 2 rings (SSSR count). The first-order chi connectivity index (χ1) is 8.70. The van der Waals surface area contributed by atoms with Gasteiger partial charge < -0.3 is 9.84 Å². The van der Waals surface area contributed by atoms with E-state index >= 15 is 0 Å². The summed E-state index contributed by atoms with van der Waals surface area (Å²) in [5.74, 6) is 0.563. The van der Waals surface area contributed by atoms with Gasteiger partial charge in [0, 0.05) is 19.1 Å². The summed E-state index contributed by atoms with van der Waals surface area (Å²) in [6.45, 7) is 7.03. The van der Waals surface area contributed by atoms with Gasteiger partial charge in [-0.1, -0.05) is 44.2 Å². The zero-order valence-electron chi connectivity index (χ0n) is 11.2. The lowest BCUT2D eigenvalue weighted by Crippen LogP contribution is -2.52. The molecule has 0 radical (unpaired) electrons. The molecular weight excluding hydrogens is 226 g/mol. The molecule has 0 spiro atoms. The lowest BCUT2D eigenvalue weighted by Gasteiger charge is -2.41. The maximum Gasteiger partial charge on any atom is 0.0933 e. The molecule has 0 aromatic heterocycles. The Morgan fingerprint density at radius 3 is 2.67 bits per heavy atom. The summed E-state index contributed by atoms with van der Waals surface area (Å²) in [7, 11) is 0. The Kier molecular flexibility index (Phi) is 4.75. The van der Waals surface area contributed by atoms with Gasteiger partial charge in [0.1, 0.15) is 0 Å². The number of morpholine rings is 1. The van der Waals surface area contributed by atoms with E-state index in [1.807, 2.05) is 6.07 Å². The van der Waals surface area contributed by atoms with E-state index < -0.39 is 0 Å². The Bertz CT molecular complexity index is 353. The molecule has 0 saturated carbocycles. The second kappa shape index (κ2) is 6.32. The van der Waals surface area contributed by atoms with Crippen molar-refractivity contribution in [3.05, 3.63) is 35.9 Å². The van der Waals surface area contributed by atoms with Crippen LogP contribution < -0.4 is 0 Å². The number of rotatable bonds is 4. The van der Waals surface area contributed by atoms with E-state index in [1.54, 1.807) is 0 Å². The molecular formula is C15H23NO2. The first-order valence-electron chi connectivity index (χ1n) is 6.71. The number of aliphatic hydroxyl groups is 1. The van der Waals surface area contributed by atoms with E-state index in [0.29, 0.717) is 12.0 Å².